The summed E-state index contributed by atoms with van der Waals surface area (Å²) in [5.74, 6) is -0.786. The maximum absolute atomic E-state index is 12.9. The lowest BCUT2D eigenvalue weighted by Crippen LogP contribution is -2.25. The molecule has 0 saturated carbocycles. The molecule has 2 atom stereocenters. The van der Waals surface area contributed by atoms with E-state index in [1.165, 1.54) is 53.6 Å². The normalized spacial score (nSPS) is 13.0. The Morgan fingerprint density at radius 1 is 0.970 bits per heavy atom. The minimum absolute atomic E-state index is 0.191. The number of benzene rings is 2. The summed E-state index contributed by atoms with van der Waals surface area (Å²) < 4.78 is 46.8. The van der Waals surface area contributed by atoms with Crippen LogP contribution in [0.1, 0.15) is 24.2 Å². The summed E-state index contributed by atoms with van der Waals surface area (Å²) in [6, 6.07) is 6.76. The molecule has 33 heavy (non-hydrogen) atoms. The van der Waals surface area contributed by atoms with Crippen molar-refractivity contribution in [3.05, 3.63) is 41.5 Å². The zero-order valence-electron chi connectivity index (χ0n) is 19.1. The van der Waals surface area contributed by atoms with Gasteiger partial charge in [0.25, 0.3) is 0 Å². The number of carboxylic acid groups (broad SMARTS) is 1. The molecule has 0 fully saturated rings. The number of hydrogen-bond donors (Lipinski definition) is 3. The molecular formula is C22H29NO9S. The van der Waals surface area contributed by atoms with Gasteiger partial charge in [0.1, 0.15) is 35.1 Å². The molecule has 0 aliphatic rings. The number of carbonyl (C=O) groups is 1. The first kappa shape index (κ1) is 26.1. The van der Waals surface area contributed by atoms with Crippen LogP contribution < -0.4 is 24.3 Å². The quantitative estimate of drug-likeness (QED) is 0.412. The van der Waals surface area contributed by atoms with E-state index in [1.807, 2.05) is 0 Å². The highest BCUT2D eigenvalue weighted by atomic mass is 32.2. The first-order valence-electron chi connectivity index (χ1n) is 9.89. The van der Waals surface area contributed by atoms with Gasteiger partial charge in [-0.05, 0) is 24.6 Å². The lowest BCUT2D eigenvalue weighted by Gasteiger charge is -2.19. The molecule has 0 radical (unpaired) electrons. The fourth-order valence-corrected chi connectivity index (χ4v) is 4.70. The van der Waals surface area contributed by atoms with Crippen LogP contribution in [0.3, 0.4) is 0 Å². The molecule has 182 valence electrons. The number of sulfone groups is 1. The molecule has 3 N–H and O–H groups in total. The standard InChI is InChI=1S/C22H29NO9S/c1-13(22(25)26)23-16-8-14(6-7-18(16)30-3)11-33(27,28)12-17(24)21-19(31-4)9-15(29-2)10-20(21)32-5/h6-10,13,17,23-24H,11-12H2,1-5H3,(H,25,26). The second kappa shape index (κ2) is 11.1. The summed E-state index contributed by atoms with van der Waals surface area (Å²) in [5, 5.41) is 22.7. The minimum atomic E-state index is -3.81. The van der Waals surface area contributed by atoms with Crippen LogP contribution >= 0.6 is 0 Å². The average molecular weight is 484 g/mol. The third-order valence-electron chi connectivity index (χ3n) is 4.89. The lowest BCUT2D eigenvalue weighted by molar-refractivity contribution is -0.137. The summed E-state index contributed by atoms with van der Waals surface area (Å²) in [5.41, 5.74) is 0.938. The van der Waals surface area contributed by atoms with E-state index in [2.05, 4.69) is 5.32 Å². The van der Waals surface area contributed by atoms with Gasteiger partial charge in [0.05, 0.1) is 51.2 Å². The molecule has 0 heterocycles. The molecular weight excluding hydrogens is 454 g/mol. The van der Waals surface area contributed by atoms with Crippen molar-refractivity contribution in [2.45, 2.75) is 24.8 Å². The Hall–Kier alpha value is -3.18. The second-order valence-corrected chi connectivity index (χ2v) is 9.36. The zero-order chi connectivity index (χ0) is 24.8. The molecule has 0 amide bonds. The fraction of sp³-hybridized carbons (Fsp3) is 0.409. The topological polar surface area (TPSA) is 141 Å². The molecule has 0 spiro atoms. The minimum Gasteiger partial charge on any atom is -0.496 e. The summed E-state index contributed by atoms with van der Waals surface area (Å²) in [4.78, 5) is 11.2. The summed E-state index contributed by atoms with van der Waals surface area (Å²) in [7, 11) is 1.86. The highest BCUT2D eigenvalue weighted by Gasteiger charge is 2.26. The van der Waals surface area contributed by atoms with Crippen LogP contribution in [0.15, 0.2) is 30.3 Å². The van der Waals surface area contributed by atoms with E-state index in [-0.39, 0.29) is 22.8 Å². The van der Waals surface area contributed by atoms with Crippen molar-refractivity contribution in [2.24, 2.45) is 0 Å². The average Bonchev–Trinajstić information content (AvgIpc) is 2.77. The number of nitrogens with one attached hydrogen (secondary N) is 1. The molecule has 2 aromatic rings. The predicted octanol–water partition coefficient (Wildman–Crippen LogP) is 2.25. The van der Waals surface area contributed by atoms with Crippen LogP contribution in [0.2, 0.25) is 0 Å². The predicted molar refractivity (Wildman–Crippen MR) is 122 cm³/mol. The number of carboxylic acids is 1. The largest absolute Gasteiger partial charge is 0.496 e. The highest BCUT2D eigenvalue weighted by molar-refractivity contribution is 7.90. The van der Waals surface area contributed by atoms with Crippen molar-refractivity contribution in [1.82, 2.24) is 0 Å². The summed E-state index contributed by atoms with van der Waals surface area (Å²) >= 11 is 0. The molecule has 0 aliphatic heterocycles. The number of hydrogen-bond acceptors (Lipinski definition) is 9. The Morgan fingerprint density at radius 3 is 2.03 bits per heavy atom. The van der Waals surface area contributed by atoms with Crippen molar-refractivity contribution in [3.8, 4) is 23.0 Å². The van der Waals surface area contributed by atoms with E-state index in [4.69, 9.17) is 24.1 Å². The molecule has 11 heteroatoms. The Morgan fingerprint density at radius 2 is 1.55 bits per heavy atom. The van der Waals surface area contributed by atoms with Gasteiger partial charge in [-0.1, -0.05) is 6.07 Å². The van der Waals surface area contributed by atoms with Gasteiger partial charge in [-0.15, -0.1) is 0 Å². The van der Waals surface area contributed by atoms with Crippen molar-refractivity contribution in [1.29, 1.82) is 0 Å². The van der Waals surface area contributed by atoms with E-state index < -0.39 is 33.7 Å². The maximum Gasteiger partial charge on any atom is 0.325 e. The first-order valence-corrected chi connectivity index (χ1v) is 11.7. The number of aliphatic carboxylic acids is 1. The number of aliphatic hydroxyl groups excluding tert-OH is 1. The molecule has 0 aromatic heterocycles. The Balaban J connectivity index is 2.29. The van der Waals surface area contributed by atoms with Crippen molar-refractivity contribution >= 4 is 21.5 Å². The number of methoxy groups -OCH3 is 4. The van der Waals surface area contributed by atoms with E-state index in [0.717, 1.165) is 0 Å². The number of anilines is 1. The first-order chi connectivity index (χ1) is 15.5. The molecule has 0 aliphatic carbocycles. The third-order valence-corrected chi connectivity index (χ3v) is 6.49. The van der Waals surface area contributed by atoms with E-state index in [9.17, 15) is 18.3 Å². The number of rotatable bonds is 12. The van der Waals surface area contributed by atoms with E-state index >= 15 is 0 Å². The molecule has 10 nitrogen and oxygen atoms in total. The van der Waals surface area contributed by atoms with Crippen molar-refractivity contribution < 1.29 is 42.4 Å². The van der Waals surface area contributed by atoms with Crippen LogP contribution in [0, 0.1) is 0 Å². The van der Waals surface area contributed by atoms with Gasteiger partial charge in [0.2, 0.25) is 0 Å². The van der Waals surface area contributed by atoms with E-state index in [0.29, 0.717) is 22.7 Å². The highest BCUT2D eigenvalue weighted by Crippen LogP contribution is 2.39. The van der Waals surface area contributed by atoms with Crippen LogP contribution in [0.4, 0.5) is 5.69 Å². The Labute approximate surface area is 193 Å². The van der Waals surface area contributed by atoms with Gasteiger partial charge in [-0.25, -0.2) is 8.42 Å². The van der Waals surface area contributed by atoms with Crippen molar-refractivity contribution in [3.63, 3.8) is 0 Å². The van der Waals surface area contributed by atoms with Crippen molar-refractivity contribution in [2.75, 3.05) is 39.5 Å². The van der Waals surface area contributed by atoms with Gasteiger partial charge < -0.3 is 34.5 Å². The van der Waals surface area contributed by atoms with Crippen LogP contribution in [-0.4, -0.2) is 64.8 Å². The van der Waals surface area contributed by atoms with Gasteiger partial charge in [0, 0.05) is 12.1 Å². The number of aliphatic hydroxyl groups is 1. The third kappa shape index (κ3) is 6.65. The summed E-state index contributed by atoms with van der Waals surface area (Å²) in [6.45, 7) is 1.46. The monoisotopic (exact) mass is 483 g/mol. The molecule has 2 unspecified atom stereocenters. The molecule has 0 saturated heterocycles. The van der Waals surface area contributed by atoms with E-state index in [1.54, 1.807) is 12.1 Å². The molecule has 2 aromatic carbocycles. The van der Waals surface area contributed by atoms with Gasteiger partial charge in [-0.2, -0.15) is 0 Å². The Bertz CT molecular complexity index is 1060. The second-order valence-electron chi connectivity index (χ2n) is 7.25. The van der Waals surface area contributed by atoms with Crippen LogP contribution in [0.25, 0.3) is 0 Å². The zero-order valence-corrected chi connectivity index (χ0v) is 19.9. The van der Waals surface area contributed by atoms with Crippen LogP contribution in [-0.2, 0) is 20.4 Å². The van der Waals surface area contributed by atoms with Gasteiger partial charge in [-0.3, -0.25) is 4.79 Å². The fourth-order valence-electron chi connectivity index (χ4n) is 3.25. The van der Waals surface area contributed by atoms with Gasteiger partial charge >= 0.3 is 5.97 Å². The SMILES string of the molecule is COc1cc(OC)c(C(O)CS(=O)(=O)Cc2ccc(OC)c(NC(C)C(=O)O)c2)c(OC)c1. The summed E-state index contributed by atoms with van der Waals surface area (Å²) in [6.07, 6.45) is -1.42. The lowest BCUT2D eigenvalue weighted by atomic mass is 10.1. The van der Waals surface area contributed by atoms with Crippen LogP contribution in [0.5, 0.6) is 23.0 Å². The molecule has 2 rings (SSSR count). The maximum atomic E-state index is 12.9. The number of ether oxygens (including phenoxy) is 4. The smallest absolute Gasteiger partial charge is 0.325 e. The molecule has 0 bridgehead atoms. The Kier molecular flexibility index (Phi) is 8.77. The van der Waals surface area contributed by atoms with Gasteiger partial charge in [0.15, 0.2) is 9.84 Å².